The predicted molar refractivity (Wildman–Crippen MR) is 113 cm³/mol. The second kappa shape index (κ2) is 7.71. The monoisotopic (exact) mass is 387 g/mol. The first kappa shape index (κ1) is 17.4. The van der Waals surface area contributed by atoms with Crippen LogP contribution in [-0.2, 0) is 0 Å². The summed E-state index contributed by atoms with van der Waals surface area (Å²) in [6.07, 6.45) is 7.02. The molecule has 1 N–H and O–H groups in total. The summed E-state index contributed by atoms with van der Waals surface area (Å²) in [6.45, 7) is 0. The summed E-state index contributed by atoms with van der Waals surface area (Å²) in [6, 6.07) is 21.6. The van der Waals surface area contributed by atoms with Gasteiger partial charge in [-0.15, -0.1) is 6.42 Å². The van der Waals surface area contributed by atoms with Gasteiger partial charge in [-0.1, -0.05) is 53.5 Å². The highest BCUT2D eigenvalue weighted by molar-refractivity contribution is 7.99. The summed E-state index contributed by atoms with van der Waals surface area (Å²) in [5.74, 6) is 3.35. The Hall–Kier alpha value is -3.00. The Kier molecular flexibility index (Phi) is 4.97. The van der Waals surface area contributed by atoms with Crippen LogP contribution in [0.5, 0.6) is 0 Å². The first-order valence-corrected chi connectivity index (χ1v) is 9.43. The van der Waals surface area contributed by atoms with E-state index in [1.807, 2.05) is 54.6 Å². The van der Waals surface area contributed by atoms with Crippen molar-refractivity contribution in [1.29, 1.82) is 0 Å². The van der Waals surface area contributed by atoms with Gasteiger partial charge in [-0.2, -0.15) is 0 Å². The molecule has 5 heteroatoms. The third-order valence-electron chi connectivity index (χ3n) is 3.95. The SMILES string of the molecule is C#Cc1cccc(Nc2ncnc3cc(Cl)c(Sc4ccccc4)cc23)c1. The Morgan fingerprint density at radius 3 is 2.63 bits per heavy atom. The minimum absolute atomic E-state index is 0.662. The topological polar surface area (TPSA) is 37.8 Å². The van der Waals surface area contributed by atoms with Crippen LogP contribution in [-0.4, -0.2) is 9.97 Å². The molecule has 4 aromatic rings. The number of fused-ring (bicyclic) bond motifs is 1. The molecule has 0 saturated heterocycles. The van der Waals surface area contributed by atoms with Gasteiger partial charge in [0.1, 0.15) is 12.1 Å². The van der Waals surface area contributed by atoms with E-state index in [1.165, 1.54) is 6.33 Å². The van der Waals surface area contributed by atoms with Crippen LogP contribution in [0.2, 0.25) is 5.02 Å². The van der Waals surface area contributed by atoms with Crippen molar-refractivity contribution in [2.75, 3.05) is 5.32 Å². The van der Waals surface area contributed by atoms with E-state index < -0.39 is 0 Å². The second-order valence-corrected chi connectivity index (χ2v) is 7.31. The first-order chi connectivity index (χ1) is 13.2. The summed E-state index contributed by atoms with van der Waals surface area (Å²) in [5.41, 5.74) is 2.46. The van der Waals surface area contributed by atoms with Gasteiger partial charge in [-0.05, 0) is 42.5 Å². The van der Waals surface area contributed by atoms with Crippen molar-refractivity contribution in [2.45, 2.75) is 9.79 Å². The van der Waals surface area contributed by atoms with E-state index in [4.69, 9.17) is 18.0 Å². The Balaban J connectivity index is 1.75. The molecule has 3 nitrogen and oxygen atoms in total. The molecule has 130 valence electrons. The van der Waals surface area contributed by atoms with Gasteiger partial charge in [0.25, 0.3) is 0 Å². The van der Waals surface area contributed by atoms with E-state index in [1.54, 1.807) is 11.8 Å². The highest BCUT2D eigenvalue weighted by atomic mass is 35.5. The number of anilines is 2. The van der Waals surface area contributed by atoms with E-state index in [0.29, 0.717) is 10.8 Å². The van der Waals surface area contributed by atoms with Crippen LogP contribution in [0, 0.1) is 12.3 Å². The minimum atomic E-state index is 0.662. The predicted octanol–water partition coefficient (Wildman–Crippen LogP) is 6.16. The van der Waals surface area contributed by atoms with Gasteiger partial charge in [0, 0.05) is 26.4 Å². The summed E-state index contributed by atoms with van der Waals surface area (Å²) in [7, 11) is 0. The largest absolute Gasteiger partial charge is 0.340 e. The van der Waals surface area contributed by atoms with Gasteiger partial charge in [0.2, 0.25) is 0 Å². The van der Waals surface area contributed by atoms with Gasteiger partial charge in [0.15, 0.2) is 0 Å². The molecule has 0 fully saturated rings. The Labute approximate surface area is 166 Å². The van der Waals surface area contributed by atoms with E-state index in [9.17, 15) is 0 Å². The zero-order valence-corrected chi connectivity index (χ0v) is 15.8. The van der Waals surface area contributed by atoms with Gasteiger partial charge in [0.05, 0.1) is 10.5 Å². The van der Waals surface area contributed by atoms with Gasteiger partial charge in [-0.3, -0.25) is 0 Å². The number of nitrogens with one attached hydrogen (secondary N) is 1. The van der Waals surface area contributed by atoms with Gasteiger partial charge in [-0.25, -0.2) is 9.97 Å². The van der Waals surface area contributed by atoms with E-state index in [-0.39, 0.29) is 0 Å². The lowest BCUT2D eigenvalue weighted by Gasteiger charge is -2.11. The Morgan fingerprint density at radius 2 is 1.81 bits per heavy atom. The molecule has 0 saturated carbocycles. The number of hydrogen-bond acceptors (Lipinski definition) is 4. The van der Waals surface area contributed by atoms with Crippen molar-refractivity contribution in [3.8, 4) is 12.3 Å². The van der Waals surface area contributed by atoms with Crippen LogP contribution in [0.15, 0.2) is 82.8 Å². The smallest absolute Gasteiger partial charge is 0.141 e. The highest BCUT2D eigenvalue weighted by Crippen LogP contribution is 2.37. The summed E-state index contributed by atoms with van der Waals surface area (Å²) in [4.78, 5) is 10.8. The Morgan fingerprint density at radius 1 is 0.963 bits per heavy atom. The minimum Gasteiger partial charge on any atom is -0.340 e. The molecule has 0 unspecified atom stereocenters. The average Bonchev–Trinajstić information content (AvgIpc) is 2.70. The molecular formula is C22H14ClN3S. The lowest BCUT2D eigenvalue weighted by Crippen LogP contribution is -1.96. The molecule has 0 bridgehead atoms. The van der Waals surface area contributed by atoms with Crippen molar-refractivity contribution in [2.24, 2.45) is 0 Å². The third-order valence-corrected chi connectivity index (χ3v) is 5.44. The molecule has 27 heavy (non-hydrogen) atoms. The van der Waals surface area contributed by atoms with Crippen LogP contribution in [0.25, 0.3) is 10.9 Å². The summed E-state index contributed by atoms with van der Waals surface area (Å²) in [5, 5.41) is 4.89. The standard InChI is InChI=1S/C22H14ClN3S/c1-2-15-7-6-8-16(11-15)26-22-18-12-21(27-17-9-4-3-5-10-17)19(23)13-20(18)24-14-25-22/h1,3-14H,(H,24,25,26). The zero-order valence-electron chi connectivity index (χ0n) is 14.2. The van der Waals surface area contributed by atoms with Crippen molar-refractivity contribution < 1.29 is 0 Å². The highest BCUT2D eigenvalue weighted by Gasteiger charge is 2.10. The maximum atomic E-state index is 6.48. The third kappa shape index (κ3) is 3.90. The zero-order chi connectivity index (χ0) is 18.6. The molecule has 0 spiro atoms. The van der Waals surface area contributed by atoms with Crippen LogP contribution >= 0.6 is 23.4 Å². The lowest BCUT2D eigenvalue weighted by atomic mass is 10.2. The fourth-order valence-corrected chi connectivity index (χ4v) is 3.83. The average molecular weight is 388 g/mol. The molecule has 0 aliphatic carbocycles. The fourth-order valence-electron chi connectivity index (χ4n) is 2.67. The number of nitrogens with zero attached hydrogens (tertiary/aromatic N) is 2. The summed E-state index contributed by atoms with van der Waals surface area (Å²) >= 11 is 8.09. The number of rotatable bonds is 4. The van der Waals surface area contributed by atoms with E-state index in [2.05, 4.69) is 33.3 Å². The maximum Gasteiger partial charge on any atom is 0.141 e. The van der Waals surface area contributed by atoms with Crippen LogP contribution < -0.4 is 5.32 Å². The van der Waals surface area contributed by atoms with Crippen LogP contribution in [0.1, 0.15) is 5.56 Å². The molecule has 0 atom stereocenters. The van der Waals surface area contributed by atoms with Crippen molar-refractivity contribution in [3.05, 3.63) is 83.6 Å². The number of halogens is 1. The van der Waals surface area contributed by atoms with Crippen LogP contribution in [0.3, 0.4) is 0 Å². The quantitative estimate of drug-likeness (QED) is 0.425. The lowest BCUT2D eigenvalue weighted by molar-refractivity contribution is 1.21. The second-order valence-electron chi connectivity index (χ2n) is 5.79. The Bertz CT molecular complexity index is 1150. The van der Waals surface area contributed by atoms with Gasteiger partial charge < -0.3 is 5.32 Å². The van der Waals surface area contributed by atoms with Crippen molar-refractivity contribution in [3.63, 3.8) is 0 Å². The van der Waals surface area contributed by atoms with Crippen LogP contribution in [0.4, 0.5) is 11.5 Å². The molecule has 0 aliphatic rings. The van der Waals surface area contributed by atoms with Gasteiger partial charge >= 0.3 is 0 Å². The van der Waals surface area contributed by atoms with Crippen molar-refractivity contribution >= 4 is 45.8 Å². The maximum absolute atomic E-state index is 6.48. The number of aromatic nitrogens is 2. The molecule has 1 heterocycles. The van der Waals surface area contributed by atoms with Crippen molar-refractivity contribution in [1.82, 2.24) is 9.97 Å². The molecular weight excluding hydrogens is 374 g/mol. The normalized spacial score (nSPS) is 10.5. The number of hydrogen-bond donors (Lipinski definition) is 1. The molecule has 1 aromatic heterocycles. The molecule has 4 rings (SSSR count). The molecule has 0 amide bonds. The molecule has 3 aromatic carbocycles. The molecule has 0 aliphatic heterocycles. The first-order valence-electron chi connectivity index (χ1n) is 8.24. The number of benzene rings is 3. The summed E-state index contributed by atoms with van der Waals surface area (Å²) < 4.78 is 0. The molecule has 0 radical (unpaired) electrons. The fraction of sp³-hybridized carbons (Fsp3) is 0. The van der Waals surface area contributed by atoms with E-state index in [0.717, 1.165) is 31.9 Å². The van der Waals surface area contributed by atoms with E-state index >= 15 is 0 Å². The number of terminal acetylenes is 1.